The molecule has 0 amide bonds. The van der Waals surface area contributed by atoms with Gasteiger partial charge in [0.25, 0.3) is 6.33 Å². The van der Waals surface area contributed by atoms with Gasteiger partial charge in [0.1, 0.15) is 13.2 Å². The van der Waals surface area contributed by atoms with E-state index in [2.05, 4.69) is 64.7 Å². The molecule has 5 rings (SSSR count). The molecule has 0 atom stereocenters. The zero-order valence-electron chi connectivity index (χ0n) is 13.5. The van der Waals surface area contributed by atoms with Gasteiger partial charge in [-0.25, -0.2) is 9.13 Å². The van der Waals surface area contributed by atoms with E-state index in [1.54, 1.807) is 0 Å². The second kappa shape index (κ2) is 4.51. The lowest BCUT2D eigenvalue weighted by Gasteiger charge is -2.29. The van der Waals surface area contributed by atoms with Crippen LogP contribution in [0.4, 0.5) is 0 Å². The number of pyridine rings is 1. The van der Waals surface area contributed by atoms with E-state index >= 15 is 0 Å². The first-order valence-corrected chi connectivity index (χ1v) is 8.14. The minimum absolute atomic E-state index is 0.313. The summed E-state index contributed by atoms with van der Waals surface area (Å²) >= 11 is 0. The molecule has 0 N–H and O–H groups in total. The Labute approximate surface area is 136 Å². The van der Waals surface area contributed by atoms with Gasteiger partial charge in [0.05, 0.1) is 12.6 Å². The molecule has 0 fully saturated rings. The smallest absolute Gasteiger partial charge is 0.245 e. The highest BCUT2D eigenvalue weighted by molar-refractivity contribution is 6.95. The summed E-state index contributed by atoms with van der Waals surface area (Å²) in [6.07, 6.45) is 8.17. The summed E-state index contributed by atoms with van der Waals surface area (Å²) in [5.74, 6) is 0. The van der Waals surface area contributed by atoms with E-state index in [-0.39, 0.29) is 0 Å². The van der Waals surface area contributed by atoms with E-state index < -0.39 is 0 Å². The van der Waals surface area contributed by atoms with E-state index in [1.807, 2.05) is 12.5 Å². The van der Waals surface area contributed by atoms with Gasteiger partial charge in [0, 0.05) is 30.0 Å². The van der Waals surface area contributed by atoms with Crippen molar-refractivity contribution in [3.05, 3.63) is 71.3 Å². The van der Waals surface area contributed by atoms with Crippen LogP contribution in [0.25, 0.3) is 0 Å². The normalized spacial score (nSPS) is 14.1. The monoisotopic (exact) mass is 299 g/mol. The lowest BCUT2D eigenvalue weighted by atomic mass is 9.33. The zero-order valence-corrected chi connectivity index (χ0v) is 13.5. The van der Waals surface area contributed by atoms with Crippen molar-refractivity contribution in [2.24, 2.45) is 14.1 Å². The van der Waals surface area contributed by atoms with Crippen molar-refractivity contribution in [3.8, 4) is 0 Å². The van der Waals surface area contributed by atoms with Crippen LogP contribution in [0.2, 0.25) is 0 Å². The number of nitrogens with zero attached hydrogens (tertiary/aromatic N) is 3. The van der Waals surface area contributed by atoms with Gasteiger partial charge in [-0.2, -0.15) is 0 Å². The van der Waals surface area contributed by atoms with E-state index in [0.29, 0.717) is 6.71 Å². The Morgan fingerprint density at radius 3 is 2.39 bits per heavy atom. The van der Waals surface area contributed by atoms with Crippen molar-refractivity contribution in [2.75, 3.05) is 0 Å². The summed E-state index contributed by atoms with van der Waals surface area (Å²) in [5.41, 5.74) is 10.1. The molecule has 0 radical (unpaired) electrons. The Balaban J connectivity index is 1.91. The van der Waals surface area contributed by atoms with Crippen molar-refractivity contribution in [3.63, 3.8) is 0 Å². The number of aryl methyl sites for hydroxylation is 2. The molecule has 0 saturated heterocycles. The molecule has 1 aromatic carbocycles. The molecule has 2 aliphatic rings. The Morgan fingerprint density at radius 2 is 1.57 bits per heavy atom. The van der Waals surface area contributed by atoms with Gasteiger partial charge in [0.2, 0.25) is 0 Å². The van der Waals surface area contributed by atoms with Crippen LogP contribution in [0.3, 0.4) is 0 Å². The number of hydrogen-bond donors (Lipinski definition) is 0. The van der Waals surface area contributed by atoms with Gasteiger partial charge in [-0.05, 0) is 17.2 Å². The third kappa shape index (κ3) is 1.69. The van der Waals surface area contributed by atoms with Gasteiger partial charge >= 0.3 is 6.71 Å². The van der Waals surface area contributed by atoms with Gasteiger partial charge in [-0.3, -0.25) is 0 Å². The Kier molecular flexibility index (Phi) is 2.55. The van der Waals surface area contributed by atoms with Crippen LogP contribution in [0.5, 0.6) is 0 Å². The van der Waals surface area contributed by atoms with Crippen LogP contribution in [0, 0.1) is 0 Å². The molecule has 0 unspecified atom stereocenters. The SMILES string of the molecule is C[n+]1cccc2c1B1c3c(cccc3Cc3cnc[n+](C)c31)C2. The minimum atomic E-state index is 0.313. The molecule has 3 aromatic rings. The molecule has 23 heavy (non-hydrogen) atoms. The number of rotatable bonds is 0. The third-order valence-electron chi connectivity index (χ3n) is 5.38. The van der Waals surface area contributed by atoms with Gasteiger partial charge in [-0.1, -0.05) is 28.6 Å². The molecular weight excluding hydrogens is 281 g/mol. The predicted octanol–water partition coefficient (Wildman–Crippen LogP) is -0.945. The van der Waals surface area contributed by atoms with E-state index in [9.17, 15) is 0 Å². The lowest BCUT2D eigenvalue weighted by molar-refractivity contribution is -0.660. The number of hydrogen-bond acceptors (Lipinski definition) is 1. The average Bonchev–Trinajstić information content (AvgIpc) is 2.55. The first-order chi connectivity index (χ1) is 11.2. The summed E-state index contributed by atoms with van der Waals surface area (Å²) in [6, 6.07) is 11.2. The highest BCUT2D eigenvalue weighted by Gasteiger charge is 2.46. The summed E-state index contributed by atoms with van der Waals surface area (Å²) in [5, 5.41) is 0. The Bertz CT molecular complexity index is 858. The van der Waals surface area contributed by atoms with Crippen LogP contribution in [0.1, 0.15) is 22.3 Å². The maximum Gasteiger partial charge on any atom is 0.375 e. The topological polar surface area (TPSA) is 20.6 Å². The molecule has 0 aliphatic carbocycles. The Morgan fingerprint density at radius 1 is 0.870 bits per heavy atom. The van der Waals surface area contributed by atoms with Crippen molar-refractivity contribution in [1.82, 2.24) is 4.98 Å². The second-order valence-corrected chi connectivity index (χ2v) is 6.72. The van der Waals surface area contributed by atoms with Gasteiger partial charge in [-0.15, -0.1) is 0 Å². The number of benzene rings is 1. The molecule has 4 heteroatoms. The molecule has 4 heterocycles. The summed E-state index contributed by atoms with van der Waals surface area (Å²) in [4.78, 5) is 4.41. The van der Waals surface area contributed by atoms with E-state index in [4.69, 9.17) is 0 Å². The van der Waals surface area contributed by atoms with Crippen molar-refractivity contribution < 1.29 is 9.13 Å². The van der Waals surface area contributed by atoms with Gasteiger partial charge in [0.15, 0.2) is 11.8 Å². The molecule has 0 saturated carbocycles. The zero-order chi connectivity index (χ0) is 15.6. The molecule has 2 aliphatic heterocycles. The number of aromatic nitrogens is 3. The van der Waals surface area contributed by atoms with Gasteiger partial charge < -0.3 is 0 Å². The maximum absolute atomic E-state index is 4.41. The van der Waals surface area contributed by atoms with Crippen LogP contribution in [0.15, 0.2) is 49.1 Å². The fraction of sp³-hybridized carbons (Fsp3) is 0.211. The van der Waals surface area contributed by atoms with Crippen LogP contribution >= 0.6 is 0 Å². The predicted molar refractivity (Wildman–Crippen MR) is 89.7 cm³/mol. The Hall–Kier alpha value is -2.49. The lowest BCUT2D eigenvalue weighted by Crippen LogP contribution is -2.75. The number of fused-ring (bicyclic) bond motifs is 4. The van der Waals surface area contributed by atoms with Crippen LogP contribution in [-0.2, 0) is 26.9 Å². The molecule has 110 valence electrons. The standard InChI is InChI=1S/C19H18BN3/c1-22-8-4-7-15-9-13-5-3-6-14-10-16-11-21-12-23(2)19(16)20(17(13)14)18(15)22/h3-8,11-12H,9-10H2,1-2H3/q+2. The van der Waals surface area contributed by atoms with Crippen molar-refractivity contribution in [1.29, 1.82) is 0 Å². The fourth-order valence-electron chi connectivity index (χ4n) is 4.48. The van der Waals surface area contributed by atoms with Crippen LogP contribution < -0.4 is 25.8 Å². The first-order valence-electron chi connectivity index (χ1n) is 8.14. The molecule has 0 bridgehead atoms. The summed E-state index contributed by atoms with van der Waals surface area (Å²) < 4.78 is 4.51. The van der Waals surface area contributed by atoms with Crippen molar-refractivity contribution in [2.45, 2.75) is 12.8 Å². The molecule has 3 nitrogen and oxygen atoms in total. The maximum atomic E-state index is 4.41. The largest absolute Gasteiger partial charge is 0.375 e. The first kappa shape index (κ1) is 13.0. The highest BCUT2D eigenvalue weighted by atomic mass is 15.0. The van der Waals surface area contributed by atoms with E-state index in [1.165, 1.54) is 38.9 Å². The second-order valence-electron chi connectivity index (χ2n) is 6.72. The summed E-state index contributed by atoms with van der Waals surface area (Å²) in [7, 11) is 4.29. The molecular formula is C19H18BN3+2. The average molecular weight is 299 g/mol. The minimum Gasteiger partial charge on any atom is -0.245 e. The highest BCUT2D eigenvalue weighted by Crippen LogP contribution is 2.19. The van der Waals surface area contributed by atoms with Crippen LogP contribution in [-0.4, -0.2) is 11.7 Å². The third-order valence-corrected chi connectivity index (χ3v) is 5.38. The molecule has 2 aromatic heterocycles. The van der Waals surface area contributed by atoms with E-state index in [0.717, 1.165) is 12.8 Å². The molecule has 0 spiro atoms. The summed E-state index contributed by atoms with van der Waals surface area (Å²) in [6.45, 7) is 0.313. The van der Waals surface area contributed by atoms with Crippen molar-refractivity contribution >= 4 is 23.4 Å². The quantitative estimate of drug-likeness (QED) is 0.267. The fourth-order valence-corrected chi connectivity index (χ4v) is 4.48.